The summed E-state index contributed by atoms with van der Waals surface area (Å²) in [5, 5.41) is 2.79. The Kier molecular flexibility index (Phi) is 6.86. The zero-order valence-corrected chi connectivity index (χ0v) is 16.5. The van der Waals surface area contributed by atoms with Gasteiger partial charge in [-0.2, -0.15) is 0 Å². The van der Waals surface area contributed by atoms with Gasteiger partial charge in [-0.1, -0.05) is 34.1 Å². The number of ether oxygens (including phenoxy) is 1. The topological polar surface area (TPSA) is 58.6 Å². The van der Waals surface area contributed by atoms with E-state index >= 15 is 0 Å². The van der Waals surface area contributed by atoms with E-state index in [1.54, 1.807) is 0 Å². The number of carbonyl (C=O) groups is 2. The number of hydrogen-bond acceptors (Lipinski definition) is 4. The van der Waals surface area contributed by atoms with Crippen LogP contribution in [0, 0.1) is 5.92 Å². The average Bonchev–Trinajstić information content (AvgIpc) is 3.25. The molecule has 1 heterocycles. The minimum Gasteiger partial charge on any atom is -0.450 e. The molecule has 1 aromatic carbocycles. The van der Waals surface area contributed by atoms with Crippen molar-refractivity contribution in [3.63, 3.8) is 0 Å². The first kappa shape index (κ1) is 19.1. The molecule has 1 fully saturated rings. The second-order valence-corrected chi connectivity index (χ2v) is 7.79. The number of likely N-dealkylation sites (tertiary alicyclic amines) is 1. The highest BCUT2D eigenvalue weighted by molar-refractivity contribution is 9.10. The van der Waals surface area contributed by atoms with Gasteiger partial charge in [0.15, 0.2) is 5.78 Å². The maximum atomic E-state index is 12.2. The van der Waals surface area contributed by atoms with E-state index in [1.807, 2.05) is 30.3 Å². The Morgan fingerprint density at radius 3 is 2.69 bits per heavy atom. The summed E-state index contributed by atoms with van der Waals surface area (Å²) in [6.45, 7) is 4.08. The highest BCUT2D eigenvalue weighted by atomic mass is 79.9. The van der Waals surface area contributed by atoms with E-state index in [4.69, 9.17) is 4.74 Å². The summed E-state index contributed by atoms with van der Waals surface area (Å²) in [6, 6.07) is 7.76. The van der Waals surface area contributed by atoms with Gasteiger partial charge in [-0.15, -0.1) is 0 Å². The van der Waals surface area contributed by atoms with Crippen LogP contribution in [0.3, 0.4) is 0 Å². The fourth-order valence-corrected chi connectivity index (χ4v) is 3.75. The number of ketones is 1. The molecular weight excluding hydrogens is 396 g/mol. The smallest absolute Gasteiger partial charge is 0.407 e. The Hall–Kier alpha value is -1.66. The Bertz CT molecular complexity index is 666. The number of allylic oxidation sites excluding steroid dienone is 2. The minimum atomic E-state index is -0.370. The predicted molar refractivity (Wildman–Crippen MR) is 105 cm³/mol. The number of Topliss-reactive ketones (excluding diaryl/α,β-unsaturated/α-hetero) is 1. The van der Waals surface area contributed by atoms with Crippen LogP contribution in [-0.4, -0.2) is 49.6 Å². The van der Waals surface area contributed by atoms with Crippen molar-refractivity contribution in [3.8, 4) is 0 Å². The van der Waals surface area contributed by atoms with Crippen molar-refractivity contribution < 1.29 is 14.3 Å². The SMILES string of the molecule is O=C(NCCN1CCCC1)OCCC1C=C(c2ccc(Br)cc2)C(=O)C1. The quantitative estimate of drug-likeness (QED) is 0.731. The molecule has 1 amide bonds. The summed E-state index contributed by atoms with van der Waals surface area (Å²) in [6.07, 6.45) is 5.31. The van der Waals surface area contributed by atoms with Gasteiger partial charge in [-0.25, -0.2) is 4.79 Å². The number of benzene rings is 1. The molecule has 5 nitrogen and oxygen atoms in total. The monoisotopic (exact) mass is 420 g/mol. The first-order chi connectivity index (χ1) is 12.6. The number of hydrogen-bond donors (Lipinski definition) is 1. The molecule has 1 unspecified atom stereocenters. The summed E-state index contributed by atoms with van der Waals surface area (Å²) in [4.78, 5) is 26.3. The molecule has 1 aromatic rings. The summed E-state index contributed by atoms with van der Waals surface area (Å²) in [5.41, 5.74) is 1.72. The van der Waals surface area contributed by atoms with Gasteiger partial charge in [-0.05, 0) is 56.0 Å². The molecule has 0 bridgehead atoms. The molecule has 26 heavy (non-hydrogen) atoms. The van der Waals surface area contributed by atoms with Crippen LogP contribution in [0.25, 0.3) is 5.57 Å². The lowest BCUT2D eigenvalue weighted by Gasteiger charge is -2.14. The maximum Gasteiger partial charge on any atom is 0.407 e. The van der Waals surface area contributed by atoms with E-state index in [0.29, 0.717) is 26.0 Å². The first-order valence-corrected chi connectivity index (χ1v) is 10.0. The average molecular weight is 421 g/mol. The van der Waals surface area contributed by atoms with Gasteiger partial charge >= 0.3 is 6.09 Å². The molecule has 0 saturated carbocycles. The van der Waals surface area contributed by atoms with Crippen molar-refractivity contribution in [1.29, 1.82) is 0 Å². The highest BCUT2D eigenvalue weighted by Crippen LogP contribution is 2.31. The Morgan fingerprint density at radius 1 is 1.23 bits per heavy atom. The highest BCUT2D eigenvalue weighted by Gasteiger charge is 2.25. The van der Waals surface area contributed by atoms with Crippen molar-refractivity contribution in [2.24, 2.45) is 5.92 Å². The maximum absolute atomic E-state index is 12.2. The second-order valence-electron chi connectivity index (χ2n) is 6.87. The van der Waals surface area contributed by atoms with Gasteiger partial charge in [-0.3, -0.25) is 4.79 Å². The molecule has 1 aliphatic carbocycles. The zero-order valence-electron chi connectivity index (χ0n) is 14.9. The number of amides is 1. The van der Waals surface area contributed by atoms with E-state index in [1.165, 1.54) is 12.8 Å². The molecule has 6 heteroatoms. The molecule has 0 radical (unpaired) electrons. The summed E-state index contributed by atoms with van der Waals surface area (Å²) in [5.74, 6) is 0.297. The van der Waals surface area contributed by atoms with E-state index in [0.717, 1.165) is 35.2 Å². The van der Waals surface area contributed by atoms with E-state index in [2.05, 4.69) is 26.1 Å². The van der Waals surface area contributed by atoms with Crippen LogP contribution in [-0.2, 0) is 9.53 Å². The number of rotatable bonds is 7. The van der Waals surface area contributed by atoms with Crippen LogP contribution >= 0.6 is 15.9 Å². The fraction of sp³-hybridized carbons (Fsp3) is 0.500. The number of nitrogens with one attached hydrogen (secondary N) is 1. The number of halogens is 1. The van der Waals surface area contributed by atoms with Crippen LogP contribution in [0.1, 0.15) is 31.2 Å². The van der Waals surface area contributed by atoms with Crippen molar-refractivity contribution >= 4 is 33.4 Å². The van der Waals surface area contributed by atoms with E-state index in [-0.39, 0.29) is 17.8 Å². The summed E-state index contributed by atoms with van der Waals surface area (Å²) >= 11 is 3.40. The summed E-state index contributed by atoms with van der Waals surface area (Å²) < 4.78 is 6.24. The number of alkyl carbamates (subject to hydrolysis) is 1. The van der Waals surface area contributed by atoms with Crippen molar-refractivity contribution in [2.45, 2.75) is 25.7 Å². The third-order valence-corrected chi connectivity index (χ3v) is 5.45. The third kappa shape index (κ3) is 5.42. The van der Waals surface area contributed by atoms with Crippen molar-refractivity contribution in [2.75, 3.05) is 32.8 Å². The molecule has 1 atom stereocenters. The van der Waals surface area contributed by atoms with Crippen molar-refractivity contribution in [1.82, 2.24) is 10.2 Å². The molecule has 1 saturated heterocycles. The normalized spacial score (nSPS) is 20.3. The first-order valence-electron chi connectivity index (χ1n) is 9.26. The lowest BCUT2D eigenvalue weighted by Crippen LogP contribution is -2.34. The minimum absolute atomic E-state index is 0.138. The zero-order chi connectivity index (χ0) is 18.4. The van der Waals surface area contributed by atoms with Gasteiger partial charge < -0.3 is 15.0 Å². The van der Waals surface area contributed by atoms with Crippen LogP contribution < -0.4 is 5.32 Å². The molecule has 3 rings (SSSR count). The molecule has 1 N–H and O–H groups in total. The van der Waals surface area contributed by atoms with Crippen molar-refractivity contribution in [3.05, 3.63) is 40.4 Å². The van der Waals surface area contributed by atoms with Crippen LogP contribution in [0.4, 0.5) is 4.79 Å². The molecule has 0 aromatic heterocycles. The standard InChI is InChI=1S/C20H25BrN2O3/c21-17-5-3-16(4-6-17)18-13-15(14-19(18)24)7-12-26-20(25)22-8-11-23-9-1-2-10-23/h3-6,13,15H,1-2,7-12,14H2,(H,22,25). The Labute approximate surface area is 162 Å². The lowest BCUT2D eigenvalue weighted by atomic mass is 10.1. The fourth-order valence-electron chi connectivity index (χ4n) is 3.48. The number of carbonyl (C=O) groups excluding carboxylic acids is 2. The molecule has 0 spiro atoms. The van der Waals surface area contributed by atoms with Gasteiger partial charge in [0.25, 0.3) is 0 Å². The predicted octanol–water partition coefficient (Wildman–Crippen LogP) is 3.63. The Morgan fingerprint density at radius 2 is 1.96 bits per heavy atom. The van der Waals surface area contributed by atoms with Crippen LogP contribution in [0.5, 0.6) is 0 Å². The third-order valence-electron chi connectivity index (χ3n) is 4.92. The van der Waals surface area contributed by atoms with Gasteiger partial charge in [0.1, 0.15) is 0 Å². The Balaban J connectivity index is 1.37. The van der Waals surface area contributed by atoms with Gasteiger partial charge in [0.2, 0.25) is 0 Å². The van der Waals surface area contributed by atoms with Gasteiger partial charge in [0.05, 0.1) is 6.61 Å². The van der Waals surface area contributed by atoms with Gasteiger partial charge in [0, 0.05) is 29.6 Å². The largest absolute Gasteiger partial charge is 0.450 e. The van der Waals surface area contributed by atoms with E-state index in [9.17, 15) is 9.59 Å². The molecular formula is C20H25BrN2O3. The molecule has 140 valence electrons. The molecule has 1 aliphatic heterocycles. The van der Waals surface area contributed by atoms with Crippen LogP contribution in [0.2, 0.25) is 0 Å². The van der Waals surface area contributed by atoms with E-state index < -0.39 is 0 Å². The molecule has 2 aliphatic rings. The number of nitrogens with zero attached hydrogens (tertiary/aromatic N) is 1. The summed E-state index contributed by atoms with van der Waals surface area (Å²) in [7, 11) is 0. The second kappa shape index (κ2) is 9.33. The van der Waals surface area contributed by atoms with Crippen LogP contribution in [0.15, 0.2) is 34.8 Å². The lowest BCUT2D eigenvalue weighted by molar-refractivity contribution is -0.113.